The van der Waals surface area contributed by atoms with Crippen molar-refractivity contribution < 1.29 is 15.0 Å². The van der Waals surface area contributed by atoms with Crippen LogP contribution in [-0.2, 0) is 4.79 Å². The van der Waals surface area contributed by atoms with Crippen molar-refractivity contribution in [2.75, 3.05) is 6.54 Å². The van der Waals surface area contributed by atoms with Crippen molar-refractivity contribution >= 4 is 5.97 Å². The molecule has 1 atom stereocenters. The van der Waals surface area contributed by atoms with E-state index in [4.69, 9.17) is 0 Å². The predicted molar refractivity (Wildman–Crippen MR) is 68.7 cm³/mol. The first-order chi connectivity index (χ1) is 8.68. The summed E-state index contributed by atoms with van der Waals surface area (Å²) in [6.07, 6.45) is 4.66. The standard InChI is InChI=1S/C14H19NO3/c16-13-8-4-3-7-11(13)12(14(17)18)9-15-10-5-1-2-6-10/h3-4,7-8,10,12,15-16H,1-2,5-6,9H2,(H,17,18). The monoisotopic (exact) mass is 249 g/mol. The molecule has 0 spiro atoms. The van der Waals surface area contributed by atoms with Crippen LogP contribution in [0.1, 0.15) is 37.2 Å². The molecule has 0 heterocycles. The van der Waals surface area contributed by atoms with Gasteiger partial charge in [0, 0.05) is 18.2 Å². The van der Waals surface area contributed by atoms with E-state index >= 15 is 0 Å². The van der Waals surface area contributed by atoms with E-state index in [0.29, 0.717) is 18.2 Å². The van der Waals surface area contributed by atoms with E-state index in [0.717, 1.165) is 12.8 Å². The third-order valence-electron chi connectivity index (χ3n) is 3.58. The second kappa shape index (κ2) is 5.87. The number of rotatable bonds is 5. The fourth-order valence-electron chi connectivity index (χ4n) is 2.53. The van der Waals surface area contributed by atoms with Crippen molar-refractivity contribution in [1.29, 1.82) is 0 Å². The lowest BCUT2D eigenvalue weighted by molar-refractivity contribution is -0.138. The molecular formula is C14H19NO3. The molecule has 0 aromatic heterocycles. The zero-order valence-electron chi connectivity index (χ0n) is 10.3. The summed E-state index contributed by atoms with van der Waals surface area (Å²) >= 11 is 0. The highest BCUT2D eigenvalue weighted by Gasteiger charge is 2.24. The molecule has 2 rings (SSSR count). The highest BCUT2D eigenvalue weighted by atomic mass is 16.4. The Morgan fingerprint density at radius 1 is 1.33 bits per heavy atom. The van der Waals surface area contributed by atoms with Crippen LogP contribution >= 0.6 is 0 Å². The third kappa shape index (κ3) is 3.01. The Balaban J connectivity index is 2.04. The van der Waals surface area contributed by atoms with Crippen molar-refractivity contribution in [2.45, 2.75) is 37.6 Å². The quantitative estimate of drug-likeness (QED) is 0.747. The van der Waals surface area contributed by atoms with Gasteiger partial charge in [-0.15, -0.1) is 0 Å². The number of aromatic hydroxyl groups is 1. The Morgan fingerprint density at radius 3 is 2.61 bits per heavy atom. The van der Waals surface area contributed by atoms with Gasteiger partial charge in [0.05, 0.1) is 5.92 Å². The normalized spacial score (nSPS) is 17.8. The van der Waals surface area contributed by atoms with Crippen LogP contribution in [-0.4, -0.2) is 28.8 Å². The molecule has 0 aliphatic heterocycles. The summed E-state index contributed by atoms with van der Waals surface area (Å²) in [5.74, 6) is -1.54. The van der Waals surface area contributed by atoms with Gasteiger partial charge in [-0.3, -0.25) is 4.79 Å². The van der Waals surface area contributed by atoms with E-state index < -0.39 is 11.9 Å². The summed E-state index contributed by atoms with van der Waals surface area (Å²) in [6, 6.07) is 7.08. The summed E-state index contributed by atoms with van der Waals surface area (Å²) in [5.41, 5.74) is 0.482. The first-order valence-corrected chi connectivity index (χ1v) is 6.42. The Morgan fingerprint density at radius 2 is 2.00 bits per heavy atom. The van der Waals surface area contributed by atoms with Gasteiger partial charge < -0.3 is 15.5 Å². The van der Waals surface area contributed by atoms with Crippen LogP contribution in [0.15, 0.2) is 24.3 Å². The Kier molecular flexibility index (Phi) is 4.20. The fraction of sp³-hybridized carbons (Fsp3) is 0.500. The van der Waals surface area contributed by atoms with Crippen molar-refractivity contribution in [3.63, 3.8) is 0 Å². The number of aliphatic carboxylic acids is 1. The van der Waals surface area contributed by atoms with Gasteiger partial charge in [-0.05, 0) is 18.9 Å². The van der Waals surface area contributed by atoms with E-state index in [1.807, 2.05) is 0 Å². The average Bonchev–Trinajstić information content (AvgIpc) is 2.84. The lowest BCUT2D eigenvalue weighted by Gasteiger charge is -2.18. The van der Waals surface area contributed by atoms with Crippen molar-refractivity contribution in [1.82, 2.24) is 5.32 Å². The van der Waals surface area contributed by atoms with Gasteiger partial charge in [0.1, 0.15) is 5.75 Å². The Bertz CT molecular complexity index is 413. The average molecular weight is 249 g/mol. The van der Waals surface area contributed by atoms with Gasteiger partial charge in [-0.2, -0.15) is 0 Å². The van der Waals surface area contributed by atoms with Gasteiger partial charge in [0.2, 0.25) is 0 Å². The second-order valence-corrected chi connectivity index (χ2v) is 4.84. The molecule has 1 fully saturated rings. The molecular weight excluding hydrogens is 230 g/mol. The van der Waals surface area contributed by atoms with Crippen molar-refractivity contribution in [3.05, 3.63) is 29.8 Å². The number of carbonyl (C=O) groups is 1. The number of hydrogen-bond donors (Lipinski definition) is 3. The first-order valence-electron chi connectivity index (χ1n) is 6.42. The highest BCUT2D eigenvalue weighted by Crippen LogP contribution is 2.26. The zero-order valence-corrected chi connectivity index (χ0v) is 10.3. The molecule has 1 aromatic rings. The Labute approximate surface area is 107 Å². The first kappa shape index (κ1) is 12.9. The molecule has 0 saturated heterocycles. The SMILES string of the molecule is O=C(O)C(CNC1CCCC1)c1ccccc1O. The van der Waals surface area contributed by atoms with Gasteiger partial charge in [0.15, 0.2) is 0 Å². The smallest absolute Gasteiger partial charge is 0.312 e. The number of hydrogen-bond acceptors (Lipinski definition) is 3. The molecule has 18 heavy (non-hydrogen) atoms. The number of nitrogens with one attached hydrogen (secondary N) is 1. The fourth-order valence-corrected chi connectivity index (χ4v) is 2.53. The highest BCUT2D eigenvalue weighted by molar-refractivity contribution is 5.77. The molecule has 1 aromatic carbocycles. The van der Waals surface area contributed by atoms with E-state index in [9.17, 15) is 15.0 Å². The summed E-state index contributed by atoms with van der Waals surface area (Å²) in [6.45, 7) is 0.373. The number of para-hydroxylation sites is 1. The van der Waals surface area contributed by atoms with Gasteiger partial charge >= 0.3 is 5.97 Å². The van der Waals surface area contributed by atoms with Crippen LogP contribution in [0.5, 0.6) is 5.75 Å². The summed E-state index contributed by atoms with van der Waals surface area (Å²) in [5, 5.41) is 22.3. The van der Waals surface area contributed by atoms with Gasteiger partial charge in [-0.1, -0.05) is 31.0 Å². The molecule has 1 aliphatic carbocycles. The predicted octanol–water partition coefficient (Wildman–Crippen LogP) is 2.09. The lowest BCUT2D eigenvalue weighted by Crippen LogP contribution is -2.33. The number of phenolic OH excluding ortho intramolecular Hbond substituents is 1. The molecule has 1 saturated carbocycles. The molecule has 4 nitrogen and oxygen atoms in total. The third-order valence-corrected chi connectivity index (χ3v) is 3.58. The van der Waals surface area contributed by atoms with E-state index in [1.54, 1.807) is 18.2 Å². The largest absolute Gasteiger partial charge is 0.508 e. The minimum atomic E-state index is -0.901. The van der Waals surface area contributed by atoms with Crippen LogP contribution in [0.25, 0.3) is 0 Å². The van der Waals surface area contributed by atoms with Crippen molar-refractivity contribution in [3.8, 4) is 5.75 Å². The maximum absolute atomic E-state index is 11.3. The summed E-state index contributed by atoms with van der Waals surface area (Å²) in [4.78, 5) is 11.3. The van der Waals surface area contributed by atoms with Crippen LogP contribution in [0.2, 0.25) is 0 Å². The summed E-state index contributed by atoms with van der Waals surface area (Å²) in [7, 11) is 0. The molecule has 1 unspecified atom stereocenters. The molecule has 1 aliphatic rings. The molecule has 0 radical (unpaired) electrons. The number of phenols is 1. The van der Waals surface area contributed by atoms with Crippen LogP contribution in [0.4, 0.5) is 0 Å². The summed E-state index contributed by atoms with van der Waals surface area (Å²) < 4.78 is 0. The van der Waals surface area contributed by atoms with Crippen LogP contribution < -0.4 is 5.32 Å². The number of carboxylic acids is 1. The Hall–Kier alpha value is -1.55. The molecule has 98 valence electrons. The molecule has 3 N–H and O–H groups in total. The number of benzene rings is 1. The minimum absolute atomic E-state index is 0.0538. The minimum Gasteiger partial charge on any atom is -0.508 e. The lowest BCUT2D eigenvalue weighted by atomic mass is 9.98. The second-order valence-electron chi connectivity index (χ2n) is 4.84. The van der Waals surface area contributed by atoms with E-state index in [1.165, 1.54) is 18.9 Å². The molecule has 0 amide bonds. The van der Waals surface area contributed by atoms with Gasteiger partial charge in [-0.25, -0.2) is 0 Å². The zero-order chi connectivity index (χ0) is 13.0. The molecule has 4 heteroatoms. The van der Waals surface area contributed by atoms with Crippen molar-refractivity contribution in [2.24, 2.45) is 0 Å². The maximum atomic E-state index is 11.3. The maximum Gasteiger partial charge on any atom is 0.312 e. The van der Waals surface area contributed by atoms with Gasteiger partial charge in [0.25, 0.3) is 0 Å². The number of carboxylic acid groups (broad SMARTS) is 1. The molecule has 0 bridgehead atoms. The topological polar surface area (TPSA) is 69.6 Å². The van der Waals surface area contributed by atoms with E-state index in [2.05, 4.69) is 5.32 Å². The van der Waals surface area contributed by atoms with E-state index in [-0.39, 0.29) is 5.75 Å². The van der Waals surface area contributed by atoms with Crippen LogP contribution in [0.3, 0.4) is 0 Å². The van der Waals surface area contributed by atoms with Crippen LogP contribution in [0, 0.1) is 0 Å².